The Morgan fingerprint density at radius 1 is 1.28 bits per heavy atom. The molecule has 3 atom stereocenters. The highest BCUT2D eigenvalue weighted by Crippen LogP contribution is 2.59. The van der Waals surface area contributed by atoms with Gasteiger partial charge in [0, 0.05) is 36.1 Å². The van der Waals surface area contributed by atoms with Crippen molar-refractivity contribution in [3.8, 4) is 6.07 Å². The molecule has 2 unspecified atom stereocenters. The van der Waals surface area contributed by atoms with Crippen LogP contribution in [-0.4, -0.2) is 48.6 Å². The van der Waals surface area contributed by atoms with Crippen molar-refractivity contribution in [3.63, 3.8) is 0 Å². The van der Waals surface area contributed by atoms with E-state index in [1.807, 2.05) is 6.07 Å². The first-order valence-corrected chi connectivity index (χ1v) is 11.9. The molecule has 7 nitrogen and oxygen atoms in total. The van der Waals surface area contributed by atoms with Gasteiger partial charge in [0.25, 0.3) is 5.91 Å². The van der Waals surface area contributed by atoms with Gasteiger partial charge in [-0.25, -0.2) is 0 Å². The molecule has 0 aromatic heterocycles. The van der Waals surface area contributed by atoms with Gasteiger partial charge in [0.05, 0.1) is 18.2 Å². The number of primary amides is 1. The summed E-state index contributed by atoms with van der Waals surface area (Å²) in [7, 11) is 0. The highest BCUT2D eigenvalue weighted by Gasteiger charge is 2.58. The number of nitrogens with zero attached hydrogens (tertiary/aromatic N) is 2. The molecule has 3 N–H and O–H groups in total. The van der Waals surface area contributed by atoms with Crippen molar-refractivity contribution in [2.75, 3.05) is 19.7 Å². The van der Waals surface area contributed by atoms with Crippen molar-refractivity contribution in [2.24, 2.45) is 28.9 Å². The van der Waals surface area contributed by atoms with E-state index in [1.54, 1.807) is 12.1 Å². The number of carbonyl (C=O) groups is 2. The van der Waals surface area contributed by atoms with Crippen LogP contribution >= 0.6 is 11.6 Å². The molecular weight excluding hydrogens is 428 g/mol. The normalized spacial score (nSPS) is 35.9. The minimum Gasteiger partial charge on any atom is -0.369 e. The van der Waals surface area contributed by atoms with Crippen molar-refractivity contribution in [1.82, 2.24) is 10.2 Å². The van der Waals surface area contributed by atoms with Crippen molar-refractivity contribution >= 4 is 23.4 Å². The minimum atomic E-state index is -0.525. The maximum absolute atomic E-state index is 13.1. The first-order valence-electron chi connectivity index (χ1n) is 11.5. The van der Waals surface area contributed by atoms with Crippen LogP contribution in [0.15, 0.2) is 18.2 Å². The first-order chi connectivity index (χ1) is 15.4. The van der Waals surface area contributed by atoms with E-state index in [1.165, 1.54) is 0 Å². The lowest BCUT2D eigenvalue weighted by Gasteiger charge is -2.59. The lowest BCUT2D eigenvalue weighted by atomic mass is 9.47. The number of amides is 2. The van der Waals surface area contributed by atoms with Crippen LogP contribution in [0.4, 0.5) is 0 Å². The molecule has 4 saturated carbocycles. The highest BCUT2D eigenvalue weighted by atomic mass is 35.5. The Labute approximate surface area is 193 Å². The molecule has 5 fully saturated rings. The van der Waals surface area contributed by atoms with Crippen LogP contribution < -0.4 is 11.1 Å². The van der Waals surface area contributed by atoms with Gasteiger partial charge in [-0.3, -0.25) is 14.5 Å². The monoisotopic (exact) mass is 456 g/mol. The van der Waals surface area contributed by atoms with E-state index in [9.17, 15) is 9.59 Å². The number of carbonyl (C=O) groups excluding carboxylic acids is 2. The summed E-state index contributed by atoms with van der Waals surface area (Å²) in [6, 6.07) is 7.51. The summed E-state index contributed by atoms with van der Waals surface area (Å²) in [5.74, 6) is 0.997. The number of hydrogen-bond acceptors (Lipinski definition) is 5. The number of nitriles is 1. The molecule has 0 spiro atoms. The maximum Gasteiger partial charge on any atom is 0.250 e. The summed E-state index contributed by atoms with van der Waals surface area (Å²) in [6.07, 6.45) is 4.15. The molecule has 1 aromatic carbocycles. The fourth-order valence-corrected chi connectivity index (χ4v) is 7.05. The molecule has 1 heterocycles. The molecule has 1 aromatic rings. The van der Waals surface area contributed by atoms with E-state index in [0.29, 0.717) is 48.0 Å². The molecule has 1 aliphatic heterocycles. The quantitative estimate of drug-likeness (QED) is 0.706. The van der Waals surface area contributed by atoms with Crippen LogP contribution in [0.3, 0.4) is 0 Å². The summed E-state index contributed by atoms with van der Waals surface area (Å²) >= 11 is 6.34. The Bertz CT molecular complexity index is 960. The molecule has 170 valence electrons. The van der Waals surface area contributed by atoms with E-state index in [0.717, 1.165) is 44.2 Å². The number of ether oxygens (including phenoxy) is 1. The zero-order valence-corrected chi connectivity index (χ0v) is 18.8. The van der Waals surface area contributed by atoms with Crippen LogP contribution in [0, 0.1) is 34.5 Å². The molecule has 0 radical (unpaired) electrons. The molecule has 4 bridgehead atoms. The van der Waals surface area contributed by atoms with Crippen molar-refractivity contribution in [1.29, 1.82) is 5.26 Å². The predicted octanol–water partition coefficient (Wildman–Crippen LogP) is 2.21. The zero-order valence-electron chi connectivity index (χ0n) is 18.1. The average molecular weight is 457 g/mol. The zero-order chi connectivity index (χ0) is 22.5. The second-order valence-corrected chi connectivity index (χ2v) is 10.6. The lowest BCUT2D eigenvalue weighted by molar-refractivity contribution is -0.151. The topological polar surface area (TPSA) is 108 Å². The van der Waals surface area contributed by atoms with Gasteiger partial charge in [-0.1, -0.05) is 17.7 Å². The fraction of sp³-hybridized carbons (Fsp3) is 0.625. The molecule has 4 aliphatic carbocycles. The van der Waals surface area contributed by atoms with Crippen LogP contribution in [0.25, 0.3) is 0 Å². The largest absolute Gasteiger partial charge is 0.369 e. The summed E-state index contributed by atoms with van der Waals surface area (Å²) < 4.78 is 5.82. The van der Waals surface area contributed by atoms with Crippen molar-refractivity contribution in [2.45, 2.75) is 50.8 Å². The Morgan fingerprint density at radius 2 is 2.03 bits per heavy atom. The van der Waals surface area contributed by atoms with Crippen LogP contribution in [0.1, 0.15) is 43.2 Å². The number of hydrogen-bond donors (Lipinski definition) is 2. The third-order valence-electron chi connectivity index (χ3n) is 8.12. The number of rotatable bonds is 5. The van der Waals surface area contributed by atoms with Gasteiger partial charge in [-0.15, -0.1) is 0 Å². The summed E-state index contributed by atoms with van der Waals surface area (Å²) in [6.45, 7) is 2.31. The minimum absolute atomic E-state index is 0.0637. The number of morpholine rings is 1. The highest BCUT2D eigenvalue weighted by molar-refractivity contribution is 6.31. The number of benzene rings is 1. The smallest absolute Gasteiger partial charge is 0.250 e. The van der Waals surface area contributed by atoms with Crippen LogP contribution in [0.2, 0.25) is 5.02 Å². The predicted molar refractivity (Wildman–Crippen MR) is 118 cm³/mol. The van der Waals surface area contributed by atoms with Gasteiger partial charge in [0.15, 0.2) is 0 Å². The van der Waals surface area contributed by atoms with Crippen molar-refractivity contribution < 1.29 is 14.3 Å². The van der Waals surface area contributed by atoms with Gasteiger partial charge in [0.2, 0.25) is 5.91 Å². The van der Waals surface area contributed by atoms with E-state index < -0.39 is 6.10 Å². The second-order valence-electron chi connectivity index (χ2n) is 10.2. The second kappa shape index (κ2) is 8.33. The Morgan fingerprint density at radius 3 is 2.69 bits per heavy atom. The van der Waals surface area contributed by atoms with Gasteiger partial charge in [0.1, 0.15) is 6.10 Å². The molecule has 32 heavy (non-hydrogen) atoms. The summed E-state index contributed by atoms with van der Waals surface area (Å²) in [5.41, 5.74) is 6.90. The lowest BCUT2D eigenvalue weighted by Crippen LogP contribution is -2.63. The Balaban J connectivity index is 1.21. The molecular formula is C24H29ClN4O3. The van der Waals surface area contributed by atoms with Crippen LogP contribution in [0.5, 0.6) is 0 Å². The third kappa shape index (κ3) is 3.89. The number of nitrogens with two attached hydrogens (primary N) is 1. The average Bonchev–Trinajstić information content (AvgIpc) is 2.77. The third-order valence-corrected chi connectivity index (χ3v) is 8.48. The van der Waals surface area contributed by atoms with E-state index in [-0.39, 0.29) is 23.3 Å². The Kier molecular flexibility index (Phi) is 5.65. The summed E-state index contributed by atoms with van der Waals surface area (Å²) in [5, 5.41) is 12.9. The van der Waals surface area contributed by atoms with Crippen molar-refractivity contribution in [3.05, 3.63) is 34.3 Å². The van der Waals surface area contributed by atoms with E-state index >= 15 is 0 Å². The van der Waals surface area contributed by atoms with Gasteiger partial charge >= 0.3 is 0 Å². The number of nitrogens with one attached hydrogen (secondary N) is 1. The SMILES string of the molecule is N#Cc1ccc(CN2CCO[C@@H](C(=O)NC3C4CC5CC3CC(C(N)=O)(C5)C4)C2)c(Cl)c1. The van der Waals surface area contributed by atoms with Crippen LogP contribution in [-0.2, 0) is 20.9 Å². The van der Waals surface area contributed by atoms with E-state index in [4.69, 9.17) is 27.3 Å². The maximum atomic E-state index is 13.1. The summed E-state index contributed by atoms with van der Waals surface area (Å²) in [4.78, 5) is 27.5. The molecule has 8 heteroatoms. The molecule has 5 aliphatic rings. The fourth-order valence-electron chi connectivity index (χ4n) is 6.81. The van der Waals surface area contributed by atoms with Gasteiger partial charge < -0.3 is 15.8 Å². The van der Waals surface area contributed by atoms with E-state index in [2.05, 4.69) is 16.3 Å². The first kappa shape index (κ1) is 21.7. The van der Waals surface area contributed by atoms with Gasteiger partial charge in [-0.2, -0.15) is 5.26 Å². The number of halogens is 1. The standard InChI is InChI=1S/C24H29ClN4O3/c25-19-7-14(11-26)1-2-16(19)12-29-3-4-32-20(13-29)22(30)28-21-17-5-15-6-18(21)10-24(8-15,9-17)23(27)31/h1-2,7,15,17-18,20-21H,3-6,8-10,12-13H2,(H2,27,31)(H,28,30)/t15?,17?,18?,20-,21?,24?/m1/s1. The molecule has 1 saturated heterocycles. The van der Waals surface area contributed by atoms with Gasteiger partial charge in [-0.05, 0) is 67.6 Å². The molecule has 2 amide bonds. The molecule has 6 rings (SSSR count). The Hall–Kier alpha value is -2.14.